The van der Waals surface area contributed by atoms with Gasteiger partial charge in [-0.15, -0.1) is 11.3 Å². The minimum Gasteiger partial charge on any atom is -0.313 e. The van der Waals surface area contributed by atoms with Gasteiger partial charge in [-0.3, -0.25) is 0 Å². The molecule has 18 heavy (non-hydrogen) atoms. The zero-order valence-electron chi connectivity index (χ0n) is 10.1. The maximum absolute atomic E-state index is 4.69. The van der Waals surface area contributed by atoms with E-state index in [0.717, 1.165) is 11.9 Å². The van der Waals surface area contributed by atoms with Gasteiger partial charge in [0.2, 0.25) is 0 Å². The van der Waals surface area contributed by atoms with Crippen molar-refractivity contribution >= 4 is 32.9 Å². The molecule has 3 rings (SSSR count). The molecular weight excluding hydrogens is 260 g/mol. The molecular formula is C14H14N2S2. The fourth-order valence-corrected chi connectivity index (χ4v) is 3.77. The van der Waals surface area contributed by atoms with Gasteiger partial charge in [0.15, 0.2) is 0 Å². The third kappa shape index (κ3) is 2.32. The largest absolute Gasteiger partial charge is 0.313 e. The lowest BCUT2D eigenvalue weighted by Gasteiger charge is -2.12. The zero-order chi connectivity index (χ0) is 12.4. The summed E-state index contributed by atoms with van der Waals surface area (Å²) in [6, 6.07) is 10.9. The summed E-state index contributed by atoms with van der Waals surface area (Å²) in [4.78, 5) is 4.69. The molecule has 0 aliphatic heterocycles. The smallest absolute Gasteiger partial charge is 0.0957 e. The highest BCUT2D eigenvalue weighted by atomic mass is 32.1. The van der Waals surface area contributed by atoms with Gasteiger partial charge in [-0.25, -0.2) is 4.98 Å². The lowest BCUT2D eigenvalue weighted by Crippen LogP contribution is -2.17. The number of likely N-dealkylation sites (N-methyl/N-ethyl adjacent to an activating group) is 1. The van der Waals surface area contributed by atoms with Crippen LogP contribution in [0.3, 0.4) is 0 Å². The van der Waals surface area contributed by atoms with Crippen LogP contribution in [0.4, 0.5) is 0 Å². The fraction of sp³-hybridized carbons (Fsp3) is 0.214. The Hall–Kier alpha value is -1.23. The first-order chi connectivity index (χ1) is 8.86. The summed E-state index contributed by atoms with van der Waals surface area (Å²) in [6.07, 6.45) is 0.951. The monoisotopic (exact) mass is 274 g/mol. The Morgan fingerprint density at radius 2 is 2.17 bits per heavy atom. The van der Waals surface area contributed by atoms with Crippen molar-refractivity contribution < 1.29 is 0 Å². The van der Waals surface area contributed by atoms with Gasteiger partial charge in [0.25, 0.3) is 0 Å². The summed E-state index contributed by atoms with van der Waals surface area (Å²) in [5.41, 5.74) is 2.46. The number of aromatic nitrogens is 1. The third-order valence-electron chi connectivity index (χ3n) is 3.01. The normalized spacial score (nSPS) is 12.9. The van der Waals surface area contributed by atoms with Crippen LogP contribution in [-0.2, 0) is 6.42 Å². The van der Waals surface area contributed by atoms with E-state index in [-0.39, 0.29) is 0 Å². The Morgan fingerprint density at radius 1 is 1.28 bits per heavy atom. The molecule has 1 atom stereocenters. The lowest BCUT2D eigenvalue weighted by atomic mass is 10.1. The van der Waals surface area contributed by atoms with Crippen LogP contribution in [0, 0.1) is 0 Å². The maximum Gasteiger partial charge on any atom is 0.0957 e. The second-order valence-corrected chi connectivity index (χ2v) is 6.07. The highest BCUT2D eigenvalue weighted by Crippen LogP contribution is 2.26. The molecule has 0 bridgehead atoms. The molecule has 0 fully saturated rings. The van der Waals surface area contributed by atoms with E-state index in [1.165, 1.54) is 15.3 Å². The van der Waals surface area contributed by atoms with Crippen molar-refractivity contribution in [3.63, 3.8) is 0 Å². The first-order valence-corrected chi connectivity index (χ1v) is 7.66. The molecule has 0 radical (unpaired) electrons. The molecule has 2 heterocycles. The van der Waals surface area contributed by atoms with Crippen molar-refractivity contribution in [2.75, 3.05) is 7.05 Å². The van der Waals surface area contributed by atoms with Crippen LogP contribution >= 0.6 is 22.7 Å². The Labute approximate surface area is 114 Å². The summed E-state index contributed by atoms with van der Waals surface area (Å²) in [5.74, 6) is 0. The zero-order valence-corrected chi connectivity index (χ0v) is 11.7. The number of benzene rings is 1. The van der Waals surface area contributed by atoms with Gasteiger partial charge in [-0.2, -0.15) is 11.3 Å². The molecule has 0 spiro atoms. The van der Waals surface area contributed by atoms with Crippen molar-refractivity contribution in [3.05, 3.63) is 51.7 Å². The van der Waals surface area contributed by atoms with Crippen LogP contribution < -0.4 is 5.32 Å². The van der Waals surface area contributed by atoms with Crippen molar-refractivity contribution in [2.24, 2.45) is 0 Å². The first-order valence-electron chi connectivity index (χ1n) is 5.90. The van der Waals surface area contributed by atoms with Gasteiger partial charge in [-0.1, -0.05) is 12.1 Å². The van der Waals surface area contributed by atoms with Crippen molar-refractivity contribution in [2.45, 2.75) is 12.5 Å². The van der Waals surface area contributed by atoms with Gasteiger partial charge in [0.05, 0.1) is 15.2 Å². The number of nitrogens with one attached hydrogen (secondary N) is 1. The third-order valence-corrected chi connectivity index (χ3v) is 4.77. The van der Waals surface area contributed by atoms with E-state index >= 15 is 0 Å². The summed E-state index contributed by atoms with van der Waals surface area (Å²) in [7, 11) is 2.01. The maximum atomic E-state index is 4.69. The number of rotatable bonds is 4. The molecule has 0 aliphatic carbocycles. The average Bonchev–Trinajstić information content (AvgIpc) is 3.04. The number of hydrogen-bond donors (Lipinski definition) is 1. The van der Waals surface area contributed by atoms with Gasteiger partial charge in [0, 0.05) is 12.5 Å². The second kappa shape index (κ2) is 5.18. The van der Waals surface area contributed by atoms with Crippen molar-refractivity contribution in [1.29, 1.82) is 0 Å². The summed E-state index contributed by atoms with van der Waals surface area (Å²) >= 11 is 3.53. The Morgan fingerprint density at radius 3 is 2.89 bits per heavy atom. The number of fused-ring (bicyclic) bond motifs is 1. The van der Waals surface area contributed by atoms with E-state index in [1.54, 1.807) is 22.7 Å². The number of nitrogens with zero attached hydrogens (tertiary/aromatic N) is 1. The molecule has 2 nitrogen and oxygen atoms in total. The van der Waals surface area contributed by atoms with Crippen LogP contribution in [0.1, 0.15) is 16.6 Å². The molecule has 0 saturated heterocycles. The molecule has 1 N–H and O–H groups in total. The predicted molar refractivity (Wildman–Crippen MR) is 79.4 cm³/mol. The minimum absolute atomic E-state index is 0.358. The number of thiophene rings is 1. The minimum atomic E-state index is 0.358. The first kappa shape index (κ1) is 11.8. The molecule has 3 aromatic rings. The molecule has 4 heteroatoms. The SMILES string of the molecule is CNC(Cc1nc2ccccc2s1)c1ccsc1. The molecule has 2 aromatic heterocycles. The van der Waals surface area contributed by atoms with Crippen LogP contribution in [-0.4, -0.2) is 12.0 Å². The molecule has 1 unspecified atom stereocenters. The van der Waals surface area contributed by atoms with E-state index in [1.807, 2.05) is 13.1 Å². The Bertz CT molecular complexity index is 595. The molecule has 1 aromatic carbocycles. The van der Waals surface area contributed by atoms with E-state index in [0.29, 0.717) is 6.04 Å². The van der Waals surface area contributed by atoms with Crippen LogP contribution in [0.5, 0.6) is 0 Å². The quantitative estimate of drug-likeness (QED) is 0.781. The summed E-state index contributed by atoms with van der Waals surface area (Å²) in [5, 5.41) is 8.89. The van der Waals surface area contributed by atoms with Crippen molar-refractivity contribution in [1.82, 2.24) is 10.3 Å². The number of thiazole rings is 1. The van der Waals surface area contributed by atoms with E-state index in [4.69, 9.17) is 4.98 Å². The highest BCUT2D eigenvalue weighted by molar-refractivity contribution is 7.18. The van der Waals surface area contributed by atoms with Gasteiger partial charge in [-0.05, 0) is 41.6 Å². The van der Waals surface area contributed by atoms with E-state index in [9.17, 15) is 0 Å². The average molecular weight is 274 g/mol. The topological polar surface area (TPSA) is 24.9 Å². The number of para-hydroxylation sites is 1. The molecule has 0 amide bonds. The van der Waals surface area contributed by atoms with Gasteiger partial charge < -0.3 is 5.32 Å². The highest BCUT2D eigenvalue weighted by Gasteiger charge is 2.13. The molecule has 0 saturated carbocycles. The fourth-order valence-electron chi connectivity index (χ4n) is 2.04. The van der Waals surface area contributed by atoms with Crippen LogP contribution in [0.2, 0.25) is 0 Å². The summed E-state index contributed by atoms with van der Waals surface area (Å²) < 4.78 is 1.27. The van der Waals surface area contributed by atoms with E-state index < -0.39 is 0 Å². The standard InChI is InChI=1S/C14H14N2S2/c1-15-12(10-6-7-17-9-10)8-14-16-11-4-2-3-5-13(11)18-14/h2-7,9,12,15H,8H2,1H3. The molecule has 0 aliphatic rings. The Balaban J connectivity index is 1.86. The second-order valence-electron chi connectivity index (χ2n) is 4.18. The van der Waals surface area contributed by atoms with Crippen LogP contribution in [0.15, 0.2) is 41.1 Å². The molecule has 92 valence electrons. The number of hydrogen-bond acceptors (Lipinski definition) is 4. The van der Waals surface area contributed by atoms with Crippen LogP contribution in [0.25, 0.3) is 10.2 Å². The summed E-state index contributed by atoms with van der Waals surface area (Å²) in [6.45, 7) is 0. The van der Waals surface area contributed by atoms with Gasteiger partial charge >= 0.3 is 0 Å². The lowest BCUT2D eigenvalue weighted by molar-refractivity contribution is 0.593. The van der Waals surface area contributed by atoms with E-state index in [2.05, 4.69) is 40.3 Å². The van der Waals surface area contributed by atoms with Gasteiger partial charge in [0.1, 0.15) is 0 Å². The predicted octanol–water partition coefficient (Wildman–Crippen LogP) is 3.86. The Kier molecular flexibility index (Phi) is 3.41. The van der Waals surface area contributed by atoms with Crippen molar-refractivity contribution in [3.8, 4) is 0 Å².